The van der Waals surface area contributed by atoms with E-state index in [0.29, 0.717) is 4.88 Å². The molecule has 70 valence electrons. The molecule has 1 N–H and O–H groups in total. The van der Waals surface area contributed by atoms with E-state index in [0.717, 1.165) is 10.4 Å². The van der Waals surface area contributed by atoms with Crippen molar-refractivity contribution in [1.82, 2.24) is 10.2 Å². The second-order valence-corrected chi connectivity index (χ2v) is 3.68. The Morgan fingerprint density at radius 2 is 2.14 bits per heavy atom. The van der Waals surface area contributed by atoms with Crippen LogP contribution in [0.5, 0.6) is 0 Å². The highest BCUT2D eigenvalue weighted by atomic mass is 32.1. The molecule has 0 saturated heterocycles. The largest absolute Gasteiger partial charge is 0.477 e. The maximum atomic E-state index is 10.6. The van der Waals surface area contributed by atoms with Crippen LogP contribution in [0.2, 0.25) is 0 Å². The number of carbonyl (C=O) groups is 1. The lowest BCUT2D eigenvalue weighted by molar-refractivity contribution is 0.0702. The number of hydrogen-bond acceptors (Lipinski definition) is 4. The summed E-state index contributed by atoms with van der Waals surface area (Å²) < 4.78 is 0. The minimum absolute atomic E-state index is 0.330. The van der Waals surface area contributed by atoms with Gasteiger partial charge in [0.15, 0.2) is 0 Å². The first-order valence-corrected chi connectivity index (χ1v) is 4.69. The first kappa shape index (κ1) is 8.83. The minimum atomic E-state index is -0.900. The Labute approximate surface area is 83.9 Å². The van der Waals surface area contributed by atoms with Gasteiger partial charge in [-0.05, 0) is 18.2 Å². The normalized spacial score (nSPS) is 10.0. The zero-order valence-corrected chi connectivity index (χ0v) is 7.86. The summed E-state index contributed by atoms with van der Waals surface area (Å²) in [6.07, 6.45) is 3.19. The molecule has 0 atom stereocenters. The topological polar surface area (TPSA) is 63.1 Å². The predicted molar refractivity (Wildman–Crippen MR) is 52.3 cm³/mol. The van der Waals surface area contributed by atoms with E-state index in [9.17, 15) is 4.79 Å². The molecule has 0 saturated carbocycles. The SMILES string of the molecule is O=C(O)c1ccc(-c2ccnnc2)s1. The van der Waals surface area contributed by atoms with Crippen LogP contribution in [0.4, 0.5) is 0 Å². The van der Waals surface area contributed by atoms with Gasteiger partial charge in [-0.1, -0.05) is 0 Å². The molecule has 0 unspecified atom stereocenters. The van der Waals surface area contributed by atoms with Gasteiger partial charge in [0.05, 0.1) is 12.4 Å². The summed E-state index contributed by atoms with van der Waals surface area (Å²) in [5, 5.41) is 16.1. The van der Waals surface area contributed by atoms with Crippen LogP contribution in [0.3, 0.4) is 0 Å². The van der Waals surface area contributed by atoms with E-state index in [1.54, 1.807) is 30.6 Å². The Hall–Kier alpha value is -1.75. The molecular formula is C9H6N2O2S. The monoisotopic (exact) mass is 206 g/mol. The number of aromatic carboxylic acids is 1. The number of aromatic nitrogens is 2. The van der Waals surface area contributed by atoms with Crippen molar-refractivity contribution in [2.45, 2.75) is 0 Å². The van der Waals surface area contributed by atoms with Crippen LogP contribution in [-0.2, 0) is 0 Å². The predicted octanol–water partition coefficient (Wildman–Crippen LogP) is 1.90. The van der Waals surface area contributed by atoms with Gasteiger partial charge < -0.3 is 5.11 Å². The van der Waals surface area contributed by atoms with Crippen molar-refractivity contribution in [3.8, 4) is 10.4 Å². The van der Waals surface area contributed by atoms with Gasteiger partial charge in [-0.25, -0.2) is 4.79 Å². The van der Waals surface area contributed by atoms with Crippen LogP contribution < -0.4 is 0 Å². The zero-order chi connectivity index (χ0) is 9.97. The van der Waals surface area contributed by atoms with Gasteiger partial charge in [0.2, 0.25) is 0 Å². The molecule has 0 radical (unpaired) electrons. The van der Waals surface area contributed by atoms with Crippen molar-refractivity contribution < 1.29 is 9.90 Å². The molecule has 5 heteroatoms. The highest BCUT2D eigenvalue weighted by Crippen LogP contribution is 2.26. The fraction of sp³-hybridized carbons (Fsp3) is 0. The highest BCUT2D eigenvalue weighted by Gasteiger charge is 2.07. The molecule has 2 heterocycles. The van der Waals surface area contributed by atoms with E-state index in [4.69, 9.17) is 5.11 Å². The fourth-order valence-corrected chi connectivity index (χ4v) is 1.88. The number of nitrogens with zero attached hydrogens (tertiary/aromatic N) is 2. The number of hydrogen-bond donors (Lipinski definition) is 1. The number of carboxylic acid groups (broad SMARTS) is 1. The van der Waals surface area contributed by atoms with Crippen LogP contribution in [-0.4, -0.2) is 21.3 Å². The molecule has 0 aromatic carbocycles. The molecule has 0 spiro atoms. The summed E-state index contributed by atoms with van der Waals surface area (Å²) in [6.45, 7) is 0. The third-order valence-corrected chi connectivity index (χ3v) is 2.81. The Morgan fingerprint density at radius 1 is 1.29 bits per heavy atom. The van der Waals surface area contributed by atoms with E-state index in [1.807, 2.05) is 0 Å². The third-order valence-electron chi connectivity index (χ3n) is 1.69. The molecule has 0 aliphatic heterocycles. The van der Waals surface area contributed by atoms with Crippen LogP contribution in [0.15, 0.2) is 30.6 Å². The third kappa shape index (κ3) is 1.62. The summed E-state index contributed by atoms with van der Waals surface area (Å²) >= 11 is 1.23. The van der Waals surface area contributed by atoms with Gasteiger partial charge in [-0.3, -0.25) is 0 Å². The fourth-order valence-electron chi connectivity index (χ4n) is 1.04. The molecule has 0 fully saturated rings. The molecule has 2 aromatic rings. The summed E-state index contributed by atoms with van der Waals surface area (Å²) in [5.74, 6) is -0.900. The second kappa shape index (κ2) is 3.55. The van der Waals surface area contributed by atoms with Gasteiger partial charge in [0.1, 0.15) is 4.88 Å². The van der Waals surface area contributed by atoms with Crippen molar-refractivity contribution >= 4 is 17.3 Å². The summed E-state index contributed by atoms with van der Waals surface area (Å²) in [6, 6.07) is 5.15. The van der Waals surface area contributed by atoms with Gasteiger partial charge in [-0.15, -0.1) is 11.3 Å². The quantitative estimate of drug-likeness (QED) is 0.815. The van der Waals surface area contributed by atoms with Gasteiger partial charge in [-0.2, -0.15) is 10.2 Å². The maximum Gasteiger partial charge on any atom is 0.345 e. The van der Waals surface area contributed by atoms with Crippen molar-refractivity contribution in [2.24, 2.45) is 0 Å². The smallest absolute Gasteiger partial charge is 0.345 e. The molecule has 2 rings (SSSR count). The Kier molecular flexibility index (Phi) is 2.24. The lowest BCUT2D eigenvalue weighted by Gasteiger charge is -1.92. The van der Waals surface area contributed by atoms with E-state index >= 15 is 0 Å². The number of carboxylic acids is 1. The lowest BCUT2D eigenvalue weighted by Crippen LogP contribution is -1.89. The Bertz CT molecular complexity index is 453. The molecule has 0 aliphatic carbocycles. The highest BCUT2D eigenvalue weighted by molar-refractivity contribution is 7.17. The van der Waals surface area contributed by atoms with E-state index in [2.05, 4.69) is 10.2 Å². The summed E-state index contributed by atoms with van der Waals surface area (Å²) in [7, 11) is 0. The summed E-state index contributed by atoms with van der Waals surface area (Å²) in [4.78, 5) is 11.8. The average Bonchev–Trinajstić information content (AvgIpc) is 2.68. The standard InChI is InChI=1S/C9H6N2O2S/c12-9(13)8-2-1-7(14-8)6-3-4-10-11-5-6/h1-5H,(H,12,13). The molecule has 0 amide bonds. The van der Waals surface area contributed by atoms with Crippen LogP contribution >= 0.6 is 11.3 Å². The first-order valence-electron chi connectivity index (χ1n) is 3.87. The van der Waals surface area contributed by atoms with Crippen LogP contribution in [0.1, 0.15) is 9.67 Å². The minimum Gasteiger partial charge on any atom is -0.477 e. The molecule has 2 aromatic heterocycles. The van der Waals surface area contributed by atoms with Crippen molar-refractivity contribution in [3.63, 3.8) is 0 Å². The average molecular weight is 206 g/mol. The van der Waals surface area contributed by atoms with Gasteiger partial charge in [0.25, 0.3) is 0 Å². The number of rotatable bonds is 2. The summed E-state index contributed by atoms with van der Waals surface area (Å²) in [5.41, 5.74) is 0.887. The van der Waals surface area contributed by atoms with E-state index in [-0.39, 0.29) is 0 Å². The maximum absolute atomic E-state index is 10.6. The Balaban J connectivity index is 2.39. The first-order chi connectivity index (χ1) is 6.77. The molecule has 0 aliphatic rings. The second-order valence-electron chi connectivity index (χ2n) is 2.60. The lowest BCUT2D eigenvalue weighted by atomic mass is 10.2. The zero-order valence-electron chi connectivity index (χ0n) is 7.04. The van der Waals surface area contributed by atoms with Crippen LogP contribution in [0.25, 0.3) is 10.4 Å². The molecule has 14 heavy (non-hydrogen) atoms. The van der Waals surface area contributed by atoms with Crippen molar-refractivity contribution in [3.05, 3.63) is 35.5 Å². The van der Waals surface area contributed by atoms with E-state index in [1.165, 1.54) is 11.3 Å². The van der Waals surface area contributed by atoms with Crippen molar-refractivity contribution in [1.29, 1.82) is 0 Å². The molecule has 4 nitrogen and oxygen atoms in total. The van der Waals surface area contributed by atoms with E-state index < -0.39 is 5.97 Å². The van der Waals surface area contributed by atoms with Gasteiger partial charge in [0, 0.05) is 10.4 Å². The van der Waals surface area contributed by atoms with Gasteiger partial charge >= 0.3 is 5.97 Å². The Morgan fingerprint density at radius 3 is 2.71 bits per heavy atom. The molecule has 0 bridgehead atoms. The number of thiophene rings is 1. The molecular weight excluding hydrogens is 200 g/mol. The van der Waals surface area contributed by atoms with Crippen molar-refractivity contribution in [2.75, 3.05) is 0 Å². The van der Waals surface area contributed by atoms with Crippen LogP contribution in [0, 0.1) is 0 Å².